The Balaban J connectivity index is 2.59. The maximum absolute atomic E-state index is 10.3. The van der Waals surface area contributed by atoms with Gasteiger partial charge in [0.15, 0.2) is 0 Å². The lowest BCUT2D eigenvalue weighted by atomic mass is 10.2. The lowest BCUT2D eigenvalue weighted by Crippen LogP contribution is -2.01. The summed E-state index contributed by atoms with van der Waals surface area (Å²) in [6.45, 7) is 1.78. The highest BCUT2D eigenvalue weighted by Crippen LogP contribution is 2.36. The second kappa shape index (κ2) is 2.21. The minimum atomic E-state index is -0.750. The first kappa shape index (κ1) is 6.33. The van der Waals surface area contributed by atoms with Crippen LogP contribution >= 0.6 is 0 Å². The van der Waals surface area contributed by atoms with Crippen LogP contribution in [-0.2, 0) is 4.79 Å². The van der Waals surface area contributed by atoms with Gasteiger partial charge in [0.2, 0.25) is 0 Å². The van der Waals surface area contributed by atoms with E-state index in [9.17, 15) is 4.79 Å². The molecule has 2 nitrogen and oxygen atoms in total. The number of carbonyl (C=O) groups is 1. The largest absolute Gasteiger partial charge is 0.478 e. The van der Waals surface area contributed by atoms with Gasteiger partial charge in [-0.25, -0.2) is 4.79 Å². The minimum Gasteiger partial charge on any atom is -0.478 e. The zero-order valence-corrected chi connectivity index (χ0v) is 5.42. The van der Waals surface area contributed by atoms with Gasteiger partial charge in [0.05, 0.1) is 0 Å². The van der Waals surface area contributed by atoms with Crippen LogP contribution in [0.5, 0.6) is 0 Å². The Labute approximate surface area is 54.2 Å². The Bertz CT molecular complexity index is 154. The first-order valence-corrected chi connectivity index (χ1v) is 3.15. The summed E-state index contributed by atoms with van der Waals surface area (Å²) in [6, 6.07) is 0. The van der Waals surface area contributed by atoms with Crippen LogP contribution in [0.3, 0.4) is 0 Å². The molecule has 1 N–H and O–H groups in total. The van der Waals surface area contributed by atoms with Crippen molar-refractivity contribution in [3.8, 4) is 0 Å². The highest BCUT2D eigenvalue weighted by Gasteiger charge is 2.29. The lowest BCUT2D eigenvalue weighted by Gasteiger charge is -1.93. The van der Waals surface area contributed by atoms with Gasteiger partial charge in [-0.05, 0) is 25.7 Å². The molecule has 0 saturated heterocycles. The first-order chi connectivity index (χ1) is 4.25. The molecular weight excluding hydrogens is 116 g/mol. The summed E-state index contributed by atoms with van der Waals surface area (Å²) in [7, 11) is 0. The SMILES string of the molecule is C/C=C(/C(=O)O)C1CC1. The third-order valence-corrected chi connectivity index (χ3v) is 1.58. The molecule has 0 spiro atoms. The van der Waals surface area contributed by atoms with Crippen LogP contribution in [-0.4, -0.2) is 11.1 Å². The van der Waals surface area contributed by atoms with Gasteiger partial charge in [0, 0.05) is 5.57 Å². The Hall–Kier alpha value is -0.790. The van der Waals surface area contributed by atoms with E-state index in [2.05, 4.69) is 0 Å². The smallest absolute Gasteiger partial charge is 0.331 e. The Morgan fingerprint density at radius 1 is 1.67 bits per heavy atom. The quantitative estimate of drug-likeness (QED) is 0.568. The lowest BCUT2D eigenvalue weighted by molar-refractivity contribution is -0.132. The molecule has 0 aromatic heterocycles. The van der Waals surface area contributed by atoms with Crippen LogP contribution in [0.4, 0.5) is 0 Å². The summed E-state index contributed by atoms with van der Waals surface area (Å²) >= 11 is 0. The van der Waals surface area contributed by atoms with Gasteiger partial charge >= 0.3 is 5.97 Å². The Kier molecular flexibility index (Phi) is 1.56. The maximum Gasteiger partial charge on any atom is 0.331 e. The molecule has 0 aromatic carbocycles. The fourth-order valence-electron chi connectivity index (χ4n) is 0.928. The number of hydrogen-bond acceptors (Lipinski definition) is 1. The van der Waals surface area contributed by atoms with Crippen molar-refractivity contribution in [1.29, 1.82) is 0 Å². The van der Waals surface area contributed by atoms with E-state index < -0.39 is 5.97 Å². The molecule has 1 aliphatic carbocycles. The van der Waals surface area contributed by atoms with Crippen LogP contribution in [0.2, 0.25) is 0 Å². The normalized spacial score (nSPS) is 19.9. The van der Waals surface area contributed by atoms with Gasteiger partial charge in [-0.3, -0.25) is 0 Å². The van der Waals surface area contributed by atoms with E-state index in [4.69, 9.17) is 5.11 Å². The van der Waals surface area contributed by atoms with E-state index in [1.54, 1.807) is 13.0 Å². The van der Waals surface area contributed by atoms with Crippen LogP contribution < -0.4 is 0 Å². The summed E-state index contributed by atoms with van der Waals surface area (Å²) in [5.41, 5.74) is 0.593. The van der Waals surface area contributed by atoms with Crippen molar-refractivity contribution in [2.75, 3.05) is 0 Å². The first-order valence-electron chi connectivity index (χ1n) is 3.15. The summed E-state index contributed by atoms with van der Waals surface area (Å²) < 4.78 is 0. The number of allylic oxidation sites excluding steroid dienone is 1. The molecule has 0 aliphatic heterocycles. The van der Waals surface area contributed by atoms with E-state index in [1.165, 1.54) is 0 Å². The fourth-order valence-corrected chi connectivity index (χ4v) is 0.928. The number of rotatable bonds is 2. The maximum atomic E-state index is 10.3. The summed E-state index contributed by atoms with van der Waals surface area (Å²) in [5.74, 6) is -0.382. The average molecular weight is 126 g/mol. The minimum absolute atomic E-state index is 0.368. The van der Waals surface area contributed by atoms with E-state index in [0.29, 0.717) is 11.5 Å². The monoisotopic (exact) mass is 126 g/mol. The Morgan fingerprint density at radius 3 is 2.33 bits per heavy atom. The third kappa shape index (κ3) is 1.31. The van der Waals surface area contributed by atoms with Crippen molar-refractivity contribution in [3.63, 3.8) is 0 Å². The van der Waals surface area contributed by atoms with Gasteiger partial charge < -0.3 is 5.11 Å². The van der Waals surface area contributed by atoms with Crippen molar-refractivity contribution in [2.45, 2.75) is 19.8 Å². The number of carboxylic acids is 1. The van der Waals surface area contributed by atoms with Crippen molar-refractivity contribution in [2.24, 2.45) is 5.92 Å². The molecule has 0 bridgehead atoms. The molecule has 0 radical (unpaired) electrons. The molecule has 9 heavy (non-hydrogen) atoms. The summed E-state index contributed by atoms with van der Waals surface area (Å²) in [6.07, 6.45) is 3.82. The van der Waals surface area contributed by atoms with E-state index >= 15 is 0 Å². The van der Waals surface area contributed by atoms with Crippen molar-refractivity contribution in [3.05, 3.63) is 11.6 Å². The number of carboxylic acid groups (broad SMARTS) is 1. The predicted octanol–water partition coefficient (Wildman–Crippen LogP) is 1.43. The average Bonchev–Trinajstić information content (AvgIpc) is 2.50. The number of aliphatic carboxylic acids is 1. The predicted molar refractivity (Wildman–Crippen MR) is 34.1 cm³/mol. The summed E-state index contributed by atoms with van der Waals surface area (Å²) in [5, 5.41) is 8.52. The van der Waals surface area contributed by atoms with E-state index in [0.717, 1.165) is 12.8 Å². The van der Waals surface area contributed by atoms with Gasteiger partial charge in [0.25, 0.3) is 0 Å². The van der Waals surface area contributed by atoms with Gasteiger partial charge in [-0.15, -0.1) is 0 Å². The second-order valence-corrected chi connectivity index (χ2v) is 2.32. The van der Waals surface area contributed by atoms with Gasteiger partial charge in [-0.1, -0.05) is 6.08 Å². The molecule has 1 rings (SSSR count). The zero-order chi connectivity index (χ0) is 6.85. The molecule has 1 aliphatic rings. The van der Waals surface area contributed by atoms with Gasteiger partial charge in [-0.2, -0.15) is 0 Å². The van der Waals surface area contributed by atoms with E-state index in [-0.39, 0.29) is 0 Å². The molecule has 0 heterocycles. The third-order valence-electron chi connectivity index (χ3n) is 1.58. The standard InChI is InChI=1S/C7H10O2/c1-2-6(7(8)9)5-3-4-5/h2,5H,3-4H2,1H3,(H,8,9)/b6-2+. The highest BCUT2D eigenvalue weighted by molar-refractivity contribution is 5.87. The molecule has 50 valence electrons. The topological polar surface area (TPSA) is 37.3 Å². The second-order valence-electron chi connectivity index (χ2n) is 2.32. The molecular formula is C7H10O2. The van der Waals surface area contributed by atoms with Crippen molar-refractivity contribution < 1.29 is 9.90 Å². The number of hydrogen-bond donors (Lipinski definition) is 1. The fraction of sp³-hybridized carbons (Fsp3) is 0.571. The summed E-state index contributed by atoms with van der Waals surface area (Å²) in [4.78, 5) is 10.3. The van der Waals surface area contributed by atoms with Crippen molar-refractivity contribution >= 4 is 5.97 Å². The molecule has 0 unspecified atom stereocenters. The Morgan fingerprint density at radius 2 is 2.22 bits per heavy atom. The highest BCUT2D eigenvalue weighted by atomic mass is 16.4. The van der Waals surface area contributed by atoms with Crippen LogP contribution in [0.1, 0.15) is 19.8 Å². The molecule has 0 amide bonds. The van der Waals surface area contributed by atoms with Crippen molar-refractivity contribution in [1.82, 2.24) is 0 Å². The zero-order valence-electron chi connectivity index (χ0n) is 5.42. The van der Waals surface area contributed by atoms with E-state index in [1.807, 2.05) is 0 Å². The molecule has 0 atom stereocenters. The van der Waals surface area contributed by atoms with Crippen LogP contribution in [0, 0.1) is 5.92 Å². The molecule has 2 heteroatoms. The van der Waals surface area contributed by atoms with Crippen LogP contribution in [0.15, 0.2) is 11.6 Å². The van der Waals surface area contributed by atoms with Crippen LogP contribution in [0.25, 0.3) is 0 Å². The molecule has 1 saturated carbocycles. The molecule has 1 fully saturated rings. The van der Waals surface area contributed by atoms with Gasteiger partial charge in [0.1, 0.15) is 0 Å². The molecule has 0 aromatic rings.